The maximum Gasteiger partial charge on any atom is 0.149 e. The predicted molar refractivity (Wildman–Crippen MR) is 89.7 cm³/mol. The van der Waals surface area contributed by atoms with E-state index in [1.165, 1.54) is 12.1 Å². The molecule has 1 saturated heterocycles. The van der Waals surface area contributed by atoms with Gasteiger partial charge < -0.3 is 10.0 Å². The van der Waals surface area contributed by atoms with E-state index in [1.54, 1.807) is 12.1 Å². The number of aromatic hydroxyl groups is 1. The van der Waals surface area contributed by atoms with Crippen molar-refractivity contribution in [3.05, 3.63) is 58.1 Å². The van der Waals surface area contributed by atoms with E-state index in [4.69, 9.17) is 0 Å². The van der Waals surface area contributed by atoms with Crippen LogP contribution in [0.2, 0.25) is 0 Å². The minimum Gasteiger partial charge on any atom is -0.508 e. The van der Waals surface area contributed by atoms with Crippen molar-refractivity contribution in [2.45, 2.75) is 6.54 Å². The van der Waals surface area contributed by atoms with Crippen LogP contribution in [-0.4, -0.2) is 36.2 Å². The molecule has 2 aromatic rings. The SMILES string of the molecule is Oc1ccc(Br)cc1CN1CCN(c2ccc(F)cc2F)CC1. The maximum absolute atomic E-state index is 13.8. The zero-order chi connectivity index (χ0) is 16.4. The van der Waals surface area contributed by atoms with Gasteiger partial charge in [-0.1, -0.05) is 15.9 Å². The fraction of sp³-hybridized carbons (Fsp3) is 0.294. The molecule has 2 aromatic carbocycles. The molecular formula is C17H17BrF2N2O. The number of piperazine rings is 1. The number of anilines is 1. The number of nitrogens with zero attached hydrogens (tertiary/aromatic N) is 2. The van der Waals surface area contributed by atoms with Crippen molar-refractivity contribution in [3.63, 3.8) is 0 Å². The minimum absolute atomic E-state index is 0.278. The second kappa shape index (κ2) is 6.84. The highest BCUT2D eigenvalue weighted by molar-refractivity contribution is 9.10. The summed E-state index contributed by atoms with van der Waals surface area (Å²) in [6.45, 7) is 3.48. The molecule has 0 aromatic heterocycles. The molecule has 0 unspecified atom stereocenters. The van der Waals surface area contributed by atoms with Crippen LogP contribution in [0, 0.1) is 11.6 Å². The zero-order valence-electron chi connectivity index (χ0n) is 12.5. The summed E-state index contributed by atoms with van der Waals surface area (Å²) < 4.78 is 27.8. The van der Waals surface area contributed by atoms with E-state index in [-0.39, 0.29) is 5.75 Å². The molecule has 1 fully saturated rings. The third kappa shape index (κ3) is 3.82. The van der Waals surface area contributed by atoms with Gasteiger partial charge in [0.2, 0.25) is 0 Å². The number of hydrogen-bond donors (Lipinski definition) is 1. The van der Waals surface area contributed by atoms with Crippen LogP contribution in [-0.2, 0) is 6.54 Å². The standard InChI is InChI=1S/C17H17BrF2N2O/c18-13-1-4-17(23)12(9-13)11-21-5-7-22(8-6-21)16-3-2-14(19)10-15(16)20/h1-4,9-10,23H,5-8,11H2. The summed E-state index contributed by atoms with van der Waals surface area (Å²) in [5.74, 6) is -0.807. The van der Waals surface area contributed by atoms with Gasteiger partial charge in [0, 0.05) is 48.8 Å². The molecular weight excluding hydrogens is 366 g/mol. The normalized spacial score (nSPS) is 15.9. The molecule has 0 amide bonds. The Balaban J connectivity index is 1.63. The van der Waals surface area contributed by atoms with Crippen molar-refractivity contribution >= 4 is 21.6 Å². The first-order valence-corrected chi connectivity index (χ1v) is 8.22. The minimum atomic E-state index is -0.560. The molecule has 0 atom stereocenters. The van der Waals surface area contributed by atoms with Crippen LogP contribution >= 0.6 is 15.9 Å². The lowest BCUT2D eigenvalue weighted by molar-refractivity contribution is 0.246. The van der Waals surface area contributed by atoms with E-state index in [2.05, 4.69) is 20.8 Å². The number of phenols is 1. The van der Waals surface area contributed by atoms with Gasteiger partial charge in [-0.15, -0.1) is 0 Å². The molecule has 23 heavy (non-hydrogen) atoms. The summed E-state index contributed by atoms with van der Waals surface area (Å²) >= 11 is 3.40. The predicted octanol–water partition coefficient (Wildman–Crippen LogP) is 3.76. The monoisotopic (exact) mass is 382 g/mol. The van der Waals surface area contributed by atoms with Crippen molar-refractivity contribution in [1.82, 2.24) is 4.90 Å². The largest absolute Gasteiger partial charge is 0.508 e. The van der Waals surface area contributed by atoms with E-state index in [9.17, 15) is 13.9 Å². The van der Waals surface area contributed by atoms with Gasteiger partial charge in [0.25, 0.3) is 0 Å². The van der Waals surface area contributed by atoms with Crippen LogP contribution in [0.3, 0.4) is 0 Å². The van der Waals surface area contributed by atoms with Crippen molar-refractivity contribution < 1.29 is 13.9 Å². The Hall–Kier alpha value is -1.66. The zero-order valence-corrected chi connectivity index (χ0v) is 14.1. The lowest BCUT2D eigenvalue weighted by Crippen LogP contribution is -2.46. The molecule has 1 aliphatic rings. The summed E-state index contributed by atoms with van der Waals surface area (Å²) in [5.41, 5.74) is 1.30. The van der Waals surface area contributed by atoms with Gasteiger partial charge in [-0.05, 0) is 30.3 Å². The first-order valence-electron chi connectivity index (χ1n) is 7.42. The number of rotatable bonds is 3. The number of halogens is 3. The summed E-state index contributed by atoms with van der Waals surface area (Å²) in [4.78, 5) is 4.13. The molecule has 0 radical (unpaired) electrons. The molecule has 0 spiro atoms. The van der Waals surface area contributed by atoms with Crippen LogP contribution in [0.15, 0.2) is 40.9 Å². The highest BCUT2D eigenvalue weighted by Gasteiger charge is 2.20. The fourth-order valence-electron chi connectivity index (χ4n) is 2.81. The van der Waals surface area contributed by atoms with Crippen LogP contribution in [0.4, 0.5) is 14.5 Å². The molecule has 0 aliphatic carbocycles. The van der Waals surface area contributed by atoms with Crippen LogP contribution in [0.25, 0.3) is 0 Å². The molecule has 6 heteroatoms. The lowest BCUT2D eigenvalue weighted by atomic mass is 10.1. The van der Waals surface area contributed by atoms with Gasteiger partial charge in [-0.3, -0.25) is 4.90 Å². The average molecular weight is 383 g/mol. The van der Waals surface area contributed by atoms with Gasteiger partial charge in [0.05, 0.1) is 5.69 Å². The van der Waals surface area contributed by atoms with Crippen molar-refractivity contribution in [2.24, 2.45) is 0 Å². The topological polar surface area (TPSA) is 26.7 Å². The quantitative estimate of drug-likeness (QED) is 0.875. The molecule has 1 heterocycles. The van der Waals surface area contributed by atoms with Crippen LogP contribution in [0.1, 0.15) is 5.56 Å². The Kier molecular flexibility index (Phi) is 4.82. The number of hydrogen-bond acceptors (Lipinski definition) is 3. The average Bonchev–Trinajstić information content (AvgIpc) is 2.52. The summed E-state index contributed by atoms with van der Waals surface area (Å²) in [5, 5.41) is 9.91. The smallest absolute Gasteiger partial charge is 0.149 e. The molecule has 0 saturated carbocycles. The molecule has 1 N–H and O–H groups in total. The Morgan fingerprint density at radius 2 is 1.74 bits per heavy atom. The Bertz CT molecular complexity index is 703. The van der Waals surface area contributed by atoms with Crippen LogP contribution < -0.4 is 4.90 Å². The Labute approximate surface area is 142 Å². The Morgan fingerprint density at radius 3 is 2.43 bits per heavy atom. The number of benzene rings is 2. The third-order valence-electron chi connectivity index (χ3n) is 4.06. The van der Waals surface area contributed by atoms with E-state index >= 15 is 0 Å². The van der Waals surface area contributed by atoms with Crippen LogP contribution in [0.5, 0.6) is 5.75 Å². The van der Waals surface area contributed by atoms with E-state index in [0.717, 1.165) is 29.2 Å². The van der Waals surface area contributed by atoms with Gasteiger partial charge in [-0.2, -0.15) is 0 Å². The van der Waals surface area contributed by atoms with Crippen molar-refractivity contribution in [3.8, 4) is 5.75 Å². The van der Waals surface area contributed by atoms with Gasteiger partial charge in [-0.25, -0.2) is 8.78 Å². The Morgan fingerprint density at radius 1 is 1.00 bits per heavy atom. The molecule has 3 rings (SSSR count). The number of phenolic OH excluding ortho intramolecular Hbond substituents is 1. The second-order valence-corrected chi connectivity index (χ2v) is 6.55. The first kappa shape index (κ1) is 16.2. The maximum atomic E-state index is 13.8. The van der Waals surface area contributed by atoms with Gasteiger partial charge in [0.1, 0.15) is 17.4 Å². The summed E-state index contributed by atoms with van der Waals surface area (Å²) in [6, 6.07) is 9.06. The molecule has 1 aliphatic heterocycles. The molecule has 122 valence electrons. The van der Waals surface area contributed by atoms with E-state index in [1.807, 2.05) is 11.0 Å². The summed E-state index contributed by atoms with van der Waals surface area (Å²) in [7, 11) is 0. The van der Waals surface area contributed by atoms with E-state index in [0.29, 0.717) is 25.3 Å². The first-order chi connectivity index (χ1) is 11.0. The summed E-state index contributed by atoms with van der Waals surface area (Å²) in [6.07, 6.45) is 0. The second-order valence-electron chi connectivity index (χ2n) is 5.63. The third-order valence-corrected chi connectivity index (χ3v) is 4.55. The highest BCUT2D eigenvalue weighted by atomic mass is 79.9. The lowest BCUT2D eigenvalue weighted by Gasteiger charge is -2.36. The highest BCUT2D eigenvalue weighted by Crippen LogP contribution is 2.25. The molecule has 3 nitrogen and oxygen atoms in total. The van der Waals surface area contributed by atoms with Gasteiger partial charge >= 0.3 is 0 Å². The fourth-order valence-corrected chi connectivity index (χ4v) is 3.21. The van der Waals surface area contributed by atoms with Crippen molar-refractivity contribution in [1.29, 1.82) is 0 Å². The van der Waals surface area contributed by atoms with Crippen molar-refractivity contribution in [2.75, 3.05) is 31.1 Å². The molecule has 0 bridgehead atoms. The van der Waals surface area contributed by atoms with Gasteiger partial charge in [0.15, 0.2) is 0 Å². The van der Waals surface area contributed by atoms with E-state index < -0.39 is 11.6 Å².